The fourth-order valence-electron chi connectivity index (χ4n) is 2.39. The van der Waals surface area contributed by atoms with E-state index in [0.717, 1.165) is 17.5 Å². The number of benzene rings is 1. The molecule has 1 aromatic heterocycles. The Morgan fingerprint density at radius 3 is 2.28 bits per heavy atom. The van der Waals surface area contributed by atoms with Gasteiger partial charge in [-0.25, -0.2) is 26.3 Å². The second-order valence-electron chi connectivity index (χ2n) is 5.62. The van der Waals surface area contributed by atoms with Gasteiger partial charge in [0, 0.05) is 17.7 Å². The van der Waals surface area contributed by atoms with Gasteiger partial charge in [-0.3, -0.25) is 9.48 Å². The summed E-state index contributed by atoms with van der Waals surface area (Å²) in [7, 11) is 0. The molecule has 1 fully saturated rings. The van der Waals surface area contributed by atoms with Crippen LogP contribution in [-0.4, -0.2) is 15.7 Å². The number of carbonyl (C=O) groups excluding carboxylic acids is 1. The maximum atomic E-state index is 13.6. The minimum atomic E-state index is -2.84. The van der Waals surface area contributed by atoms with Gasteiger partial charge >= 0.3 is 0 Å². The lowest BCUT2D eigenvalue weighted by Crippen LogP contribution is -2.22. The molecule has 1 aliphatic carbocycles. The van der Waals surface area contributed by atoms with Crippen molar-refractivity contribution in [3.63, 3.8) is 0 Å². The van der Waals surface area contributed by atoms with Crippen molar-refractivity contribution in [3.05, 3.63) is 46.8 Å². The van der Waals surface area contributed by atoms with E-state index in [0.29, 0.717) is 5.69 Å². The molecule has 134 valence electrons. The zero-order valence-electron chi connectivity index (χ0n) is 12.5. The molecule has 1 amide bonds. The Morgan fingerprint density at radius 2 is 1.76 bits per heavy atom. The highest BCUT2D eigenvalue weighted by Gasteiger charge is 2.30. The van der Waals surface area contributed by atoms with Crippen LogP contribution in [0.5, 0.6) is 0 Å². The number of nitrogens with zero attached hydrogens (tertiary/aromatic N) is 2. The van der Waals surface area contributed by atoms with Crippen LogP contribution in [0.1, 0.15) is 36.6 Å². The number of hydrogen-bond donors (Lipinski definition) is 1. The molecule has 1 heterocycles. The SMILES string of the molecule is O=C(Cn1nc(C(F)F)cc1C1CC1)Nc1c(F)c(F)cc(F)c1F. The molecule has 0 aliphatic heterocycles. The van der Waals surface area contributed by atoms with Crippen LogP contribution in [-0.2, 0) is 11.3 Å². The van der Waals surface area contributed by atoms with Crippen molar-refractivity contribution in [2.75, 3.05) is 5.32 Å². The Bertz CT molecular complexity index is 805. The summed E-state index contributed by atoms with van der Waals surface area (Å²) >= 11 is 0. The summed E-state index contributed by atoms with van der Waals surface area (Å²) in [5, 5.41) is 5.32. The minimum absolute atomic E-state index is 0.00787. The third-order valence-electron chi connectivity index (χ3n) is 3.72. The standard InChI is InChI=1S/C15H11F6N3O/c16-7-3-8(17)13(19)14(12(7)18)22-11(25)5-24-10(6-1-2-6)4-9(23-24)15(20)21/h3-4,6,15H,1-2,5H2,(H,22,25). The van der Waals surface area contributed by atoms with Gasteiger partial charge in [-0.15, -0.1) is 0 Å². The van der Waals surface area contributed by atoms with E-state index in [1.54, 1.807) is 5.32 Å². The van der Waals surface area contributed by atoms with Gasteiger partial charge < -0.3 is 5.32 Å². The number of anilines is 1. The normalized spacial score (nSPS) is 14.2. The molecule has 0 unspecified atom stereocenters. The molecule has 0 saturated heterocycles. The summed E-state index contributed by atoms with van der Waals surface area (Å²) in [4.78, 5) is 11.9. The Balaban J connectivity index is 1.82. The van der Waals surface area contributed by atoms with E-state index in [1.165, 1.54) is 6.07 Å². The number of alkyl halides is 2. The second-order valence-corrected chi connectivity index (χ2v) is 5.62. The molecule has 1 N–H and O–H groups in total. The highest BCUT2D eigenvalue weighted by molar-refractivity contribution is 5.90. The Labute approximate surface area is 137 Å². The van der Waals surface area contributed by atoms with Gasteiger partial charge in [-0.05, 0) is 18.9 Å². The smallest absolute Gasteiger partial charge is 0.282 e. The fourth-order valence-corrected chi connectivity index (χ4v) is 2.39. The van der Waals surface area contributed by atoms with Crippen LogP contribution >= 0.6 is 0 Å². The number of nitrogens with one attached hydrogen (secondary N) is 1. The molecule has 1 aromatic carbocycles. The third-order valence-corrected chi connectivity index (χ3v) is 3.72. The molecule has 10 heteroatoms. The first-order valence-electron chi connectivity index (χ1n) is 7.26. The van der Waals surface area contributed by atoms with Crippen LogP contribution in [0.3, 0.4) is 0 Å². The highest BCUT2D eigenvalue weighted by atomic mass is 19.3. The predicted octanol–water partition coefficient (Wildman–Crippen LogP) is 3.89. The summed E-state index contributed by atoms with van der Waals surface area (Å²) < 4.78 is 79.9. The zero-order chi connectivity index (χ0) is 18.3. The largest absolute Gasteiger partial charge is 0.319 e. The van der Waals surface area contributed by atoms with E-state index in [4.69, 9.17) is 0 Å². The first-order chi connectivity index (χ1) is 11.8. The van der Waals surface area contributed by atoms with Crippen LogP contribution in [0.25, 0.3) is 0 Å². The Hall–Kier alpha value is -2.52. The molecule has 3 rings (SSSR count). The van der Waals surface area contributed by atoms with Crippen molar-refractivity contribution in [2.24, 2.45) is 0 Å². The number of aromatic nitrogens is 2. The molecule has 2 aromatic rings. The van der Waals surface area contributed by atoms with Gasteiger partial charge in [0.15, 0.2) is 23.3 Å². The molecular weight excluding hydrogens is 352 g/mol. The minimum Gasteiger partial charge on any atom is -0.319 e. The number of rotatable bonds is 5. The molecule has 1 aliphatic rings. The molecule has 0 spiro atoms. The number of carbonyl (C=O) groups is 1. The highest BCUT2D eigenvalue weighted by Crippen LogP contribution is 2.41. The molecule has 0 atom stereocenters. The van der Waals surface area contributed by atoms with Crippen LogP contribution in [0.2, 0.25) is 0 Å². The maximum absolute atomic E-state index is 13.6. The van der Waals surface area contributed by atoms with E-state index >= 15 is 0 Å². The van der Waals surface area contributed by atoms with Crippen LogP contribution < -0.4 is 5.32 Å². The summed E-state index contributed by atoms with van der Waals surface area (Å²) in [6.45, 7) is -0.629. The van der Waals surface area contributed by atoms with Crippen LogP contribution in [0, 0.1) is 23.3 Å². The van der Waals surface area contributed by atoms with E-state index in [-0.39, 0.29) is 12.0 Å². The van der Waals surface area contributed by atoms with Crippen LogP contribution in [0.15, 0.2) is 12.1 Å². The summed E-state index contributed by atoms with van der Waals surface area (Å²) in [6, 6.07) is 1.17. The van der Waals surface area contributed by atoms with Crippen molar-refractivity contribution in [1.29, 1.82) is 0 Å². The fraction of sp³-hybridized carbons (Fsp3) is 0.333. The van der Waals surface area contributed by atoms with E-state index < -0.39 is 53.5 Å². The van der Waals surface area contributed by atoms with E-state index in [9.17, 15) is 31.1 Å². The van der Waals surface area contributed by atoms with Gasteiger partial charge in [0.2, 0.25) is 5.91 Å². The average molecular weight is 363 g/mol. The topological polar surface area (TPSA) is 46.9 Å². The molecule has 25 heavy (non-hydrogen) atoms. The number of amides is 1. The maximum Gasteiger partial charge on any atom is 0.282 e. The lowest BCUT2D eigenvalue weighted by Gasteiger charge is -2.10. The lowest BCUT2D eigenvalue weighted by atomic mass is 10.2. The lowest BCUT2D eigenvalue weighted by molar-refractivity contribution is -0.117. The molecular formula is C15H11F6N3O. The van der Waals surface area contributed by atoms with Gasteiger partial charge in [-0.1, -0.05) is 0 Å². The number of hydrogen-bond acceptors (Lipinski definition) is 2. The number of halogens is 6. The average Bonchev–Trinajstić information content (AvgIpc) is 3.30. The van der Waals surface area contributed by atoms with Gasteiger partial charge in [-0.2, -0.15) is 5.10 Å². The van der Waals surface area contributed by atoms with Crippen molar-refractivity contribution in [1.82, 2.24) is 9.78 Å². The van der Waals surface area contributed by atoms with Crippen molar-refractivity contribution in [2.45, 2.75) is 31.7 Å². The van der Waals surface area contributed by atoms with Crippen LogP contribution in [0.4, 0.5) is 32.0 Å². The van der Waals surface area contributed by atoms with Gasteiger partial charge in [0.25, 0.3) is 6.43 Å². The quantitative estimate of drug-likeness (QED) is 0.647. The van der Waals surface area contributed by atoms with E-state index in [1.807, 2.05) is 0 Å². The van der Waals surface area contributed by atoms with Crippen molar-refractivity contribution in [3.8, 4) is 0 Å². The Kier molecular flexibility index (Phi) is 4.44. The summed E-state index contributed by atoms with van der Waals surface area (Å²) in [5.74, 6) is -7.95. The summed E-state index contributed by atoms with van der Waals surface area (Å²) in [5.41, 5.74) is -1.41. The molecule has 4 nitrogen and oxygen atoms in total. The van der Waals surface area contributed by atoms with Gasteiger partial charge in [0.1, 0.15) is 17.9 Å². The Morgan fingerprint density at radius 1 is 1.16 bits per heavy atom. The second kappa shape index (κ2) is 6.41. The van der Waals surface area contributed by atoms with Crippen molar-refractivity contribution < 1.29 is 31.1 Å². The first-order valence-corrected chi connectivity index (χ1v) is 7.26. The molecule has 1 saturated carbocycles. The monoisotopic (exact) mass is 363 g/mol. The summed E-state index contributed by atoms with van der Waals surface area (Å²) in [6.07, 6.45) is -1.35. The predicted molar refractivity (Wildman–Crippen MR) is 74.1 cm³/mol. The zero-order valence-corrected chi connectivity index (χ0v) is 12.5. The molecule has 0 radical (unpaired) electrons. The molecule has 0 bridgehead atoms. The first kappa shape index (κ1) is 17.3. The van der Waals surface area contributed by atoms with E-state index in [2.05, 4.69) is 5.10 Å². The van der Waals surface area contributed by atoms with Gasteiger partial charge in [0.05, 0.1) is 0 Å². The van der Waals surface area contributed by atoms with Crippen molar-refractivity contribution >= 4 is 11.6 Å². The third kappa shape index (κ3) is 3.47.